The molecule has 0 saturated heterocycles. The van der Waals surface area contributed by atoms with Gasteiger partial charge in [-0.3, -0.25) is 9.52 Å². The number of hydrogen-bond donors (Lipinski definition) is 1. The third-order valence-corrected chi connectivity index (χ3v) is 7.28. The number of fused-ring (bicyclic) bond motifs is 1. The van der Waals surface area contributed by atoms with Crippen molar-refractivity contribution < 1.29 is 22.3 Å². The number of amides is 1. The number of carbonyl (C=O) groups excluding carboxylic acids is 1. The van der Waals surface area contributed by atoms with E-state index >= 15 is 0 Å². The minimum Gasteiger partial charge on any atom is -0.497 e. The van der Waals surface area contributed by atoms with Crippen molar-refractivity contribution in [2.45, 2.75) is 11.4 Å². The molecule has 0 aliphatic carbocycles. The third kappa shape index (κ3) is 4.85. The Labute approximate surface area is 199 Å². The second-order valence-electron chi connectivity index (χ2n) is 7.06. The van der Waals surface area contributed by atoms with Crippen molar-refractivity contribution in [2.75, 3.05) is 11.8 Å². The van der Waals surface area contributed by atoms with Gasteiger partial charge in [0.1, 0.15) is 11.6 Å². The Morgan fingerprint density at radius 2 is 1.85 bits per heavy atom. The van der Waals surface area contributed by atoms with Crippen LogP contribution in [0.3, 0.4) is 0 Å². The summed E-state index contributed by atoms with van der Waals surface area (Å²) in [6, 6.07) is 15.8. The highest BCUT2D eigenvalue weighted by molar-refractivity contribution is 7.92. The topological polar surface area (TPSA) is 89.8 Å². The molecule has 0 aliphatic rings. The van der Waals surface area contributed by atoms with Crippen molar-refractivity contribution in [2.24, 2.45) is 4.99 Å². The standard InChI is InChI=1S/C24H18FN3O4S2/c1-3-14-28-21-13-10-19(32-2)15-22(21)33-24(28)26-23(29)16-4-8-18(9-5-16)27-34(30,31)20-11-6-17(25)7-12-20/h1,4-13,15,27H,14H2,2H3. The second-order valence-corrected chi connectivity index (χ2v) is 9.75. The summed E-state index contributed by atoms with van der Waals surface area (Å²) in [5.74, 6) is 2.21. The Morgan fingerprint density at radius 3 is 2.50 bits per heavy atom. The quantitative estimate of drug-likeness (QED) is 0.409. The third-order valence-electron chi connectivity index (χ3n) is 4.84. The lowest BCUT2D eigenvalue weighted by Crippen LogP contribution is -2.16. The van der Waals surface area contributed by atoms with Gasteiger partial charge in [-0.1, -0.05) is 17.3 Å². The van der Waals surface area contributed by atoms with Crippen LogP contribution in [0, 0.1) is 18.2 Å². The van der Waals surface area contributed by atoms with Crippen molar-refractivity contribution in [3.63, 3.8) is 0 Å². The van der Waals surface area contributed by atoms with E-state index in [1.165, 1.54) is 47.7 Å². The van der Waals surface area contributed by atoms with E-state index in [1.807, 2.05) is 12.1 Å². The number of halogens is 1. The molecule has 0 saturated carbocycles. The molecule has 0 radical (unpaired) electrons. The van der Waals surface area contributed by atoms with Crippen LogP contribution in [-0.2, 0) is 16.6 Å². The normalized spacial score (nSPS) is 11.9. The van der Waals surface area contributed by atoms with Crippen molar-refractivity contribution in [3.05, 3.63) is 82.9 Å². The van der Waals surface area contributed by atoms with Gasteiger partial charge in [0.25, 0.3) is 15.9 Å². The molecule has 34 heavy (non-hydrogen) atoms. The summed E-state index contributed by atoms with van der Waals surface area (Å²) in [6.07, 6.45) is 5.50. The fourth-order valence-electron chi connectivity index (χ4n) is 3.17. The number of terminal acetylenes is 1. The molecule has 4 aromatic rings. The molecule has 10 heteroatoms. The molecule has 1 N–H and O–H groups in total. The fraction of sp³-hybridized carbons (Fsp3) is 0.0833. The van der Waals surface area contributed by atoms with Crippen LogP contribution < -0.4 is 14.3 Å². The lowest BCUT2D eigenvalue weighted by molar-refractivity contribution is 0.0998. The van der Waals surface area contributed by atoms with Crippen molar-refractivity contribution in [3.8, 4) is 18.1 Å². The number of rotatable bonds is 6. The van der Waals surface area contributed by atoms with Gasteiger partial charge in [-0.05, 0) is 66.7 Å². The van der Waals surface area contributed by atoms with E-state index in [4.69, 9.17) is 11.2 Å². The molecule has 1 heterocycles. The zero-order valence-corrected chi connectivity index (χ0v) is 19.5. The number of benzene rings is 3. The summed E-state index contributed by atoms with van der Waals surface area (Å²) in [4.78, 5) is 17.4. The summed E-state index contributed by atoms with van der Waals surface area (Å²) in [7, 11) is -2.33. The number of methoxy groups -OCH3 is 1. The van der Waals surface area contributed by atoms with Gasteiger partial charge in [-0.2, -0.15) is 4.99 Å². The maximum atomic E-state index is 13.1. The van der Waals surface area contributed by atoms with Crippen LogP contribution in [0.2, 0.25) is 0 Å². The molecule has 0 spiro atoms. The lowest BCUT2D eigenvalue weighted by atomic mass is 10.2. The van der Waals surface area contributed by atoms with E-state index in [1.54, 1.807) is 17.7 Å². The van der Waals surface area contributed by atoms with Crippen LogP contribution in [0.15, 0.2) is 76.6 Å². The number of sulfonamides is 1. The van der Waals surface area contributed by atoms with Gasteiger partial charge in [0.2, 0.25) is 0 Å². The Hall–Kier alpha value is -3.94. The molecule has 7 nitrogen and oxygen atoms in total. The Morgan fingerprint density at radius 1 is 1.15 bits per heavy atom. The van der Waals surface area contributed by atoms with Gasteiger partial charge in [0.05, 0.1) is 28.8 Å². The summed E-state index contributed by atoms with van der Waals surface area (Å²) in [5.41, 5.74) is 1.35. The van der Waals surface area contributed by atoms with E-state index in [0.29, 0.717) is 10.6 Å². The number of aromatic nitrogens is 1. The monoisotopic (exact) mass is 495 g/mol. The largest absolute Gasteiger partial charge is 0.497 e. The summed E-state index contributed by atoms with van der Waals surface area (Å²) < 4.78 is 48.3. The summed E-state index contributed by atoms with van der Waals surface area (Å²) >= 11 is 1.31. The van der Waals surface area contributed by atoms with E-state index in [2.05, 4.69) is 15.6 Å². The van der Waals surface area contributed by atoms with Gasteiger partial charge in [-0.25, -0.2) is 12.8 Å². The SMILES string of the molecule is C#CCn1c(=NC(=O)c2ccc(NS(=O)(=O)c3ccc(F)cc3)cc2)sc2cc(OC)ccc21. The van der Waals surface area contributed by atoms with Crippen LogP contribution in [0.4, 0.5) is 10.1 Å². The van der Waals surface area contributed by atoms with Crippen LogP contribution in [0.5, 0.6) is 5.75 Å². The molecule has 1 amide bonds. The maximum Gasteiger partial charge on any atom is 0.279 e. The van der Waals surface area contributed by atoms with Crippen LogP contribution in [-0.4, -0.2) is 26.0 Å². The Bertz CT molecular complexity index is 1580. The van der Waals surface area contributed by atoms with Crippen molar-refractivity contribution in [1.29, 1.82) is 0 Å². The molecule has 0 atom stereocenters. The summed E-state index contributed by atoms with van der Waals surface area (Å²) in [6.45, 7) is 0.239. The van der Waals surface area contributed by atoms with Crippen molar-refractivity contribution >= 4 is 43.2 Å². The first kappa shape index (κ1) is 23.2. The number of hydrogen-bond acceptors (Lipinski definition) is 5. The first-order valence-electron chi connectivity index (χ1n) is 9.89. The highest BCUT2D eigenvalue weighted by atomic mass is 32.2. The first-order chi connectivity index (χ1) is 16.3. The Balaban J connectivity index is 1.61. The Kier molecular flexibility index (Phi) is 6.49. The highest BCUT2D eigenvalue weighted by Crippen LogP contribution is 2.23. The fourth-order valence-corrected chi connectivity index (χ4v) is 5.28. The molecule has 0 fully saturated rings. The number of thiazole rings is 1. The second kappa shape index (κ2) is 9.51. The van der Waals surface area contributed by atoms with Crippen molar-refractivity contribution in [1.82, 2.24) is 4.57 Å². The number of carbonyl (C=O) groups is 1. The lowest BCUT2D eigenvalue weighted by Gasteiger charge is -2.08. The minimum atomic E-state index is -3.90. The van der Waals surface area contributed by atoms with Crippen LogP contribution >= 0.6 is 11.3 Å². The minimum absolute atomic E-state index is 0.0801. The van der Waals surface area contributed by atoms with E-state index in [0.717, 1.165) is 22.3 Å². The zero-order chi connectivity index (χ0) is 24.3. The number of nitrogens with zero attached hydrogens (tertiary/aromatic N) is 2. The average Bonchev–Trinajstić information content (AvgIpc) is 3.15. The van der Waals surface area contributed by atoms with Gasteiger partial charge >= 0.3 is 0 Å². The van der Waals surface area contributed by atoms with Gasteiger partial charge in [0, 0.05) is 11.3 Å². The van der Waals surface area contributed by atoms with E-state index < -0.39 is 21.7 Å². The molecule has 4 rings (SSSR count). The number of anilines is 1. The van der Waals surface area contributed by atoms with Gasteiger partial charge in [0.15, 0.2) is 4.80 Å². The number of nitrogens with one attached hydrogen (secondary N) is 1. The molecular weight excluding hydrogens is 477 g/mol. The van der Waals surface area contributed by atoms with Crippen LogP contribution in [0.1, 0.15) is 10.4 Å². The molecular formula is C24H18FN3O4S2. The average molecular weight is 496 g/mol. The predicted octanol–water partition coefficient (Wildman–Crippen LogP) is 4.03. The van der Waals surface area contributed by atoms with E-state index in [9.17, 15) is 17.6 Å². The van der Waals surface area contributed by atoms with Gasteiger partial charge in [-0.15, -0.1) is 6.42 Å². The molecule has 0 unspecified atom stereocenters. The molecule has 0 aliphatic heterocycles. The molecule has 1 aromatic heterocycles. The van der Waals surface area contributed by atoms with Gasteiger partial charge < -0.3 is 9.30 Å². The molecule has 3 aromatic carbocycles. The molecule has 0 bridgehead atoms. The predicted molar refractivity (Wildman–Crippen MR) is 129 cm³/mol. The maximum absolute atomic E-state index is 13.1. The molecule has 172 valence electrons. The van der Waals surface area contributed by atoms with E-state index in [-0.39, 0.29) is 22.7 Å². The number of ether oxygens (including phenoxy) is 1. The highest BCUT2D eigenvalue weighted by Gasteiger charge is 2.15. The summed E-state index contributed by atoms with van der Waals surface area (Å²) in [5, 5.41) is 0. The zero-order valence-electron chi connectivity index (χ0n) is 17.9. The smallest absolute Gasteiger partial charge is 0.279 e. The first-order valence-corrected chi connectivity index (χ1v) is 12.2. The van der Waals surface area contributed by atoms with Crippen LogP contribution in [0.25, 0.3) is 10.2 Å².